The number of ether oxygens (including phenoxy) is 2. The number of primary amides is 1. The number of benzene rings is 2. The van der Waals surface area contributed by atoms with Crippen LogP contribution in [0.4, 0.5) is 4.79 Å². The molecular formula is C28H40N4O8S. The number of hydrogen-bond donors (Lipinski definition) is 4. The lowest BCUT2D eigenvalue weighted by atomic mass is 10.0. The SMILES string of the molecule is CCCCCN(C[C@@H](O)[C@H](Cc1ccccc1)NC(=O)OC[C@@H](NC(C)=O)C(N)=O)S(=O)(=O)c1ccc(OC)cc1. The Kier molecular flexibility index (Phi) is 13.5. The van der Waals surface area contributed by atoms with E-state index < -0.39 is 52.7 Å². The Morgan fingerprint density at radius 3 is 2.24 bits per heavy atom. The molecular weight excluding hydrogens is 552 g/mol. The fraction of sp³-hybridized carbons (Fsp3) is 0.464. The highest BCUT2D eigenvalue weighted by Crippen LogP contribution is 2.21. The molecule has 2 aromatic rings. The van der Waals surface area contributed by atoms with Crippen LogP contribution in [0.1, 0.15) is 38.7 Å². The Balaban J connectivity index is 2.26. The van der Waals surface area contributed by atoms with Gasteiger partial charge in [0.15, 0.2) is 0 Å². The lowest BCUT2D eigenvalue weighted by Crippen LogP contribution is -2.52. The third-order valence-electron chi connectivity index (χ3n) is 6.27. The van der Waals surface area contributed by atoms with Crippen LogP contribution in [0.5, 0.6) is 5.75 Å². The van der Waals surface area contributed by atoms with E-state index in [1.165, 1.54) is 30.5 Å². The first kappa shape index (κ1) is 33.5. The number of nitrogens with zero attached hydrogens (tertiary/aromatic N) is 1. The van der Waals surface area contributed by atoms with E-state index in [1.807, 2.05) is 13.0 Å². The third kappa shape index (κ3) is 11.0. The van der Waals surface area contributed by atoms with Gasteiger partial charge in [-0.1, -0.05) is 50.1 Å². The van der Waals surface area contributed by atoms with E-state index in [1.54, 1.807) is 36.4 Å². The van der Waals surface area contributed by atoms with Crippen LogP contribution in [-0.2, 0) is 30.8 Å². The minimum atomic E-state index is -4.00. The number of sulfonamides is 1. The Hall–Kier alpha value is -3.68. The number of aliphatic hydroxyl groups is 1. The Morgan fingerprint density at radius 1 is 1.02 bits per heavy atom. The van der Waals surface area contributed by atoms with Gasteiger partial charge in [-0.15, -0.1) is 0 Å². The summed E-state index contributed by atoms with van der Waals surface area (Å²) in [7, 11) is -2.51. The zero-order chi connectivity index (χ0) is 30.4. The Bertz CT molecular complexity index is 1230. The summed E-state index contributed by atoms with van der Waals surface area (Å²) in [6.07, 6.45) is 0.0887. The van der Waals surface area contributed by atoms with Gasteiger partial charge in [0.05, 0.1) is 24.2 Å². The monoisotopic (exact) mass is 592 g/mol. The number of rotatable bonds is 17. The molecule has 0 saturated heterocycles. The maximum atomic E-state index is 13.6. The van der Waals surface area contributed by atoms with Crippen molar-refractivity contribution in [1.29, 1.82) is 0 Å². The number of aliphatic hydroxyl groups excluding tert-OH is 1. The normalized spacial score (nSPS) is 13.6. The average Bonchev–Trinajstić information content (AvgIpc) is 2.94. The predicted molar refractivity (Wildman–Crippen MR) is 153 cm³/mol. The minimum Gasteiger partial charge on any atom is -0.497 e. The maximum Gasteiger partial charge on any atom is 0.407 e. The van der Waals surface area contributed by atoms with Crippen molar-refractivity contribution in [2.45, 2.75) is 62.6 Å². The van der Waals surface area contributed by atoms with Gasteiger partial charge in [-0.3, -0.25) is 9.59 Å². The first-order valence-corrected chi connectivity index (χ1v) is 14.8. The van der Waals surface area contributed by atoms with Crippen LogP contribution < -0.4 is 21.1 Å². The number of unbranched alkanes of at least 4 members (excludes halogenated alkanes) is 2. The molecule has 226 valence electrons. The molecule has 0 aliphatic carbocycles. The molecule has 0 aromatic heterocycles. The highest BCUT2D eigenvalue weighted by Gasteiger charge is 2.31. The van der Waals surface area contributed by atoms with Crippen LogP contribution in [0, 0.1) is 0 Å². The lowest BCUT2D eigenvalue weighted by Gasteiger charge is -2.30. The number of hydrogen-bond acceptors (Lipinski definition) is 8. The third-order valence-corrected chi connectivity index (χ3v) is 8.15. The second-order valence-corrected chi connectivity index (χ2v) is 11.4. The van der Waals surface area contributed by atoms with Gasteiger partial charge in [-0.2, -0.15) is 4.31 Å². The van der Waals surface area contributed by atoms with Crippen molar-refractivity contribution in [1.82, 2.24) is 14.9 Å². The molecule has 0 saturated carbocycles. The van der Waals surface area contributed by atoms with E-state index >= 15 is 0 Å². The summed E-state index contributed by atoms with van der Waals surface area (Å²) in [5.41, 5.74) is 6.04. The van der Waals surface area contributed by atoms with Gasteiger partial charge in [0.2, 0.25) is 21.8 Å². The van der Waals surface area contributed by atoms with Crippen LogP contribution in [0.3, 0.4) is 0 Å². The van der Waals surface area contributed by atoms with Gasteiger partial charge in [-0.05, 0) is 42.7 Å². The van der Waals surface area contributed by atoms with E-state index in [9.17, 15) is 27.9 Å². The predicted octanol–water partition coefficient (Wildman–Crippen LogP) is 1.56. The highest BCUT2D eigenvalue weighted by molar-refractivity contribution is 7.89. The van der Waals surface area contributed by atoms with Crippen LogP contribution in [0.2, 0.25) is 0 Å². The van der Waals surface area contributed by atoms with Crippen molar-refractivity contribution in [3.05, 3.63) is 60.2 Å². The number of alkyl carbamates (subject to hydrolysis) is 1. The van der Waals surface area contributed by atoms with Gasteiger partial charge in [0, 0.05) is 20.0 Å². The fourth-order valence-electron chi connectivity index (χ4n) is 4.02. The maximum absolute atomic E-state index is 13.6. The number of amides is 3. The topological polar surface area (TPSA) is 177 Å². The quantitative estimate of drug-likeness (QED) is 0.200. The summed E-state index contributed by atoms with van der Waals surface area (Å²) in [5, 5.41) is 16.2. The molecule has 0 unspecified atom stereocenters. The molecule has 0 fully saturated rings. The highest BCUT2D eigenvalue weighted by atomic mass is 32.2. The summed E-state index contributed by atoms with van der Waals surface area (Å²) in [6.45, 7) is 2.53. The van der Waals surface area contributed by atoms with Crippen LogP contribution >= 0.6 is 0 Å². The second-order valence-electron chi connectivity index (χ2n) is 9.51. The summed E-state index contributed by atoms with van der Waals surface area (Å²) in [6, 6.07) is 12.8. The smallest absolute Gasteiger partial charge is 0.407 e. The van der Waals surface area contributed by atoms with Gasteiger partial charge in [0.1, 0.15) is 18.4 Å². The molecule has 0 radical (unpaired) electrons. The molecule has 12 nitrogen and oxygen atoms in total. The van der Waals surface area contributed by atoms with E-state index in [2.05, 4.69) is 10.6 Å². The molecule has 41 heavy (non-hydrogen) atoms. The van der Waals surface area contributed by atoms with Gasteiger partial charge in [-0.25, -0.2) is 13.2 Å². The molecule has 0 heterocycles. The van der Waals surface area contributed by atoms with Crippen molar-refractivity contribution in [3.8, 4) is 5.75 Å². The van der Waals surface area contributed by atoms with E-state index in [4.69, 9.17) is 15.2 Å². The Morgan fingerprint density at radius 2 is 1.68 bits per heavy atom. The lowest BCUT2D eigenvalue weighted by molar-refractivity contribution is -0.127. The second kappa shape index (κ2) is 16.6. The standard InChI is InChI=1S/C28H40N4O8S/c1-4-5-9-16-32(41(37,38)23-14-12-22(39-3)13-15-23)18-26(34)24(17-21-10-7-6-8-11-21)31-28(36)40-19-25(27(29)35)30-20(2)33/h6-8,10-15,24-26,34H,4-5,9,16-19H2,1-3H3,(H2,29,35)(H,30,33)(H,31,36)/t24-,25+,26+/m0/s1. The molecule has 3 amide bonds. The van der Waals surface area contributed by atoms with Crippen molar-refractivity contribution >= 4 is 27.9 Å². The molecule has 5 N–H and O–H groups in total. The fourth-order valence-corrected chi connectivity index (χ4v) is 5.52. The summed E-state index contributed by atoms with van der Waals surface area (Å²) in [5.74, 6) is -0.916. The molecule has 0 aliphatic rings. The van der Waals surface area contributed by atoms with Gasteiger partial charge in [0.25, 0.3) is 0 Å². The van der Waals surface area contributed by atoms with Crippen molar-refractivity contribution in [3.63, 3.8) is 0 Å². The number of carbonyl (C=O) groups excluding carboxylic acids is 3. The molecule has 0 spiro atoms. The molecule has 3 atom stereocenters. The zero-order valence-corrected chi connectivity index (χ0v) is 24.4. The Labute approximate surface area is 241 Å². The van der Waals surface area contributed by atoms with Crippen molar-refractivity contribution in [2.75, 3.05) is 26.8 Å². The summed E-state index contributed by atoms with van der Waals surface area (Å²) >= 11 is 0. The first-order chi connectivity index (χ1) is 19.5. The minimum absolute atomic E-state index is 0.0458. The molecule has 2 aromatic carbocycles. The summed E-state index contributed by atoms with van der Waals surface area (Å²) in [4.78, 5) is 35.6. The largest absolute Gasteiger partial charge is 0.497 e. The molecule has 0 bridgehead atoms. The molecule has 2 rings (SSSR count). The summed E-state index contributed by atoms with van der Waals surface area (Å²) < 4.78 is 38.6. The number of nitrogens with two attached hydrogens (primary N) is 1. The van der Waals surface area contributed by atoms with E-state index in [0.717, 1.165) is 18.4 Å². The van der Waals surface area contributed by atoms with Gasteiger partial charge >= 0.3 is 6.09 Å². The average molecular weight is 593 g/mol. The van der Waals surface area contributed by atoms with Crippen LogP contribution in [0.25, 0.3) is 0 Å². The van der Waals surface area contributed by atoms with Crippen molar-refractivity contribution in [2.24, 2.45) is 5.73 Å². The van der Waals surface area contributed by atoms with Crippen LogP contribution in [0.15, 0.2) is 59.5 Å². The van der Waals surface area contributed by atoms with Gasteiger partial charge < -0.3 is 30.9 Å². The van der Waals surface area contributed by atoms with Crippen LogP contribution in [-0.4, -0.2) is 80.7 Å². The van der Waals surface area contributed by atoms with E-state index in [-0.39, 0.29) is 24.4 Å². The zero-order valence-electron chi connectivity index (χ0n) is 23.6. The van der Waals surface area contributed by atoms with E-state index in [0.29, 0.717) is 12.2 Å². The number of methoxy groups -OCH3 is 1. The number of carbonyl (C=O) groups is 3. The van der Waals surface area contributed by atoms with Crippen molar-refractivity contribution < 1.29 is 37.4 Å². The molecule has 13 heteroatoms. The molecule has 0 aliphatic heterocycles. The number of nitrogens with one attached hydrogen (secondary N) is 2. The first-order valence-electron chi connectivity index (χ1n) is 13.3.